The summed E-state index contributed by atoms with van der Waals surface area (Å²) >= 11 is 0. The monoisotopic (exact) mass is 396 g/mol. The SMILES string of the molecule is CCc1cnn2c(NCc3cnc(N)nc3)cc(N[C@H]3CCCC[C@H]3CO)nc12. The van der Waals surface area contributed by atoms with E-state index in [4.69, 9.17) is 10.7 Å². The molecule has 1 saturated carbocycles. The van der Waals surface area contributed by atoms with Crippen LogP contribution in [0.25, 0.3) is 5.65 Å². The first-order chi connectivity index (χ1) is 14.2. The van der Waals surface area contributed by atoms with Gasteiger partial charge in [0.1, 0.15) is 11.6 Å². The quantitative estimate of drug-likeness (QED) is 0.479. The van der Waals surface area contributed by atoms with Gasteiger partial charge in [-0.25, -0.2) is 15.0 Å². The van der Waals surface area contributed by atoms with E-state index < -0.39 is 0 Å². The first-order valence-corrected chi connectivity index (χ1v) is 10.2. The van der Waals surface area contributed by atoms with E-state index in [-0.39, 0.29) is 24.5 Å². The van der Waals surface area contributed by atoms with Crippen LogP contribution >= 0.6 is 0 Å². The molecule has 0 spiro atoms. The molecule has 0 aromatic carbocycles. The number of nitrogen functional groups attached to an aromatic ring is 1. The average Bonchev–Trinajstić information content (AvgIpc) is 3.16. The zero-order valence-corrected chi connectivity index (χ0v) is 16.7. The van der Waals surface area contributed by atoms with E-state index in [9.17, 15) is 5.11 Å². The smallest absolute Gasteiger partial charge is 0.219 e. The van der Waals surface area contributed by atoms with E-state index in [2.05, 4.69) is 32.6 Å². The number of hydrogen-bond acceptors (Lipinski definition) is 8. The predicted octanol–water partition coefficient (Wildman–Crippen LogP) is 2.24. The Morgan fingerprint density at radius 3 is 2.76 bits per heavy atom. The van der Waals surface area contributed by atoms with Crippen LogP contribution in [0.4, 0.5) is 17.6 Å². The van der Waals surface area contributed by atoms with Gasteiger partial charge in [0.15, 0.2) is 5.65 Å². The maximum atomic E-state index is 9.74. The van der Waals surface area contributed by atoms with Crippen LogP contribution in [0.2, 0.25) is 0 Å². The van der Waals surface area contributed by atoms with Crippen molar-refractivity contribution in [1.29, 1.82) is 0 Å². The molecule has 0 radical (unpaired) electrons. The van der Waals surface area contributed by atoms with Crippen LogP contribution in [0.1, 0.15) is 43.7 Å². The van der Waals surface area contributed by atoms with Crippen molar-refractivity contribution in [1.82, 2.24) is 24.6 Å². The Bertz CT molecular complexity index is 955. The van der Waals surface area contributed by atoms with E-state index >= 15 is 0 Å². The van der Waals surface area contributed by atoms with Gasteiger partial charge in [-0.1, -0.05) is 19.8 Å². The first-order valence-electron chi connectivity index (χ1n) is 10.2. The lowest BCUT2D eigenvalue weighted by Gasteiger charge is -2.31. The molecule has 4 rings (SSSR count). The molecular formula is C20H28N8O. The molecule has 3 heterocycles. The normalized spacial score (nSPS) is 19.4. The highest BCUT2D eigenvalue weighted by Crippen LogP contribution is 2.28. The average molecular weight is 396 g/mol. The minimum Gasteiger partial charge on any atom is -0.396 e. The number of nitrogens with one attached hydrogen (secondary N) is 2. The molecule has 0 saturated heterocycles. The van der Waals surface area contributed by atoms with E-state index in [0.29, 0.717) is 6.54 Å². The Morgan fingerprint density at radius 1 is 1.21 bits per heavy atom. The Hall–Kier alpha value is -2.94. The number of hydrogen-bond donors (Lipinski definition) is 4. The van der Waals surface area contributed by atoms with Crippen LogP contribution in [-0.4, -0.2) is 42.3 Å². The van der Waals surface area contributed by atoms with Crippen LogP contribution in [0.5, 0.6) is 0 Å². The van der Waals surface area contributed by atoms with Crippen LogP contribution in [-0.2, 0) is 13.0 Å². The second-order valence-corrected chi connectivity index (χ2v) is 7.57. The Balaban J connectivity index is 1.61. The molecule has 9 heteroatoms. The van der Waals surface area contributed by atoms with Gasteiger partial charge in [0.05, 0.1) is 6.20 Å². The number of nitrogens with zero attached hydrogens (tertiary/aromatic N) is 5. The van der Waals surface area contributed by atoms with Crippen molar-refractivity contribution < 1.29 is 5.11 Å². The highest BCUT2D eigenvalue weighted by atomic mass is 16.3. The summed E-state index contributed by atoms with van der Waals surface area (Å²) in [5.74, 6) is 2.16. The summed E-state index contributed by atoms with van der Waals surface area (Å²) in [6, 6.07) is 2.20. The summed E-state index contributed by atoms with van der Waals surface area (Å²) in [5.41, 5.74) is 8.42. The van der Waals surface area contributed by atoms with Gasteiger partial charge in [-0.05, 0) is 19.3 Å². The molecule has 154 valence electrons. The molecule has 0 amide bonds. The van der Waals surface area contributed by atoms with Gasteiger partial charge in [-0.3, -0.25) is 0 Å². The fraction of sp³-hybridized carbons (Fsp3) is 0.500. The van der Waals surface area contributed by atoms with Crippen molar-refractivity contribution in [2.24, 2.45) is 5.92 Å². The standard InChI is InChI=1S/C20H28N8O/c1-2-14-11-25-28-18(22-8-13-9-23-20(21)24-10-13)7-17(27-19(14)28)26-16-6-4-3-5-15(16)12-29/h7,9-11,15-16,22,29H,2-6,8,12H2,1H3,(H,26,27)(H2,21,23,24)/t15-,16-/m0/s1. The van der Waals surface area contributed by atoms with Crippen molar-refractivity contribution >= 4 is 23.2 Å². The lowest BCUT2D eigenvalue weighted by molar-refractivity contribution is 0.178. The molecule has 3 aromatic rings. The van der Waals surface area contributed by atoms with E-state index in [0.717, 1.165) is 47.7 Å². The van der Waals surface area contributed by atoms with Crippen LogP contribution in [0.15, 0.2) is 24.7 Å². The Kier molecular flexibility index (Phi) is 5.75. The van der Waals surface area contributed by atoms with Crippen LogP contribution in [0, 0.1) is 5.92 Å². The molecule has 0 bridgehead atoms. The number of aliphatic hydroxyl groups is 1. The van der Waals surface area contributed by atoms with Gasteiger partial charge in [-0.2, -0.15) is 9.61 Å². The summed E-state index contributed by atoms with van der Waals surface area (Å²) in [6.45, 7) is 2.85. The molecule has 1 fully saturated rings. The number of aromatic nitrogens is 5. The lowest BCUT2D eigenvalue weighted by atomic mass is 9.85. The van der Waals surface area contributed by atoms with Gasteiger partial charge in [0.25, 0.3) is 0 Å². The fourth-order valence-corrected chi connectivity index (χ4v) is 3.91. The Labute approximate surface area is 169 Å². The molecule has 2 atom stereocenters. The molecule has 5 N–H and O–H groups in total. The summed E-state index contributed by atoms with van der Waals surface area (Å²) in [5, 5.41) is 21.2. The summed E-state index contributed by atoms with van der Waals surface area (Å²) in [6.07, 6.45) is 10.6. The number of aliphatic hydroxyl groups excluding tert-OH is 1. The third-order valence-electron chi connectivity index (χ3n) is 5.60. The zero-order chi connectivity index (χ0) is 20.2. The van der Waals surface area contributed by atoms with Crippen molar-refractivity contribution in [3.63, 3.8) is 0 Å². The van der Waals surface area contributed by atoms with Gasteiger partial charge < -0.3 is 21.5 Å². The zero-order valence-electron chi connectivity index (χ0n) is 16.7. The number of anilines is 3. The van der Waals surface area contributed by atoms with Gasteiger partial charge in [0.2, 0.25) is 5.95 Å². The summed E-state index contributed by atoms with van der Waals surface area (Å²) in [4.78, 5) is 12.9. The molecule has 3 aromatic heterocycles. The predicted molar refractivity (Wildman–Crippen MR) is 113 cm³/mol. The molecule has 29 heavy (non-hydrogen) atoms. The number of fused-ring (bicyclic) bond motifs is 1. The van der Waals surface area contributed by atoms with Crippen LogP contribution < -0.4 is 16.4 Å². The van der Waals surface area contributed by atoms with Gasteiger partial charge >= 0.3 is 0 Å². The Morgan fingerprint density at radius 2 is 2.00 bits per heavy atom. The third kappa shape index (κ3) is 4.24. The first kappa shape index (κ1) is 19.4. The molecule has 1 aliphatic carbocycles. The molecule has 1 aliphatic rings. The highest BCUT2D eigenvalue weighted by molar-refractivity contribution is 5.60. The number of nitrogens with two attached hydrogens (primary N) is 1. The van der Waals surface area contributed by atoms with Gasteiger partial charge in [0, 0.05) is 54.7 Å². The van der Waals surface area contributed by atoms with Crippen molar-refractivity contribution in [2.45, 2.75) is 51.6 Å². The third-order valence-corrected chi connectivity index (χ3v) is 5.60. The number of rotatable bonds is 7. The molecule has 0 aliphatic heterocycles. The van der Waals surface area contributed by atoms with Crippen molar-refractivity contribution in [3.05, 3.63) is 35.8 Å². The van der Waals surface area contributed by atoms with E-state index in [1.807, 2.05) is 16.8 Å². The largest absolute Gasteiger partial charge is 0.396 e. The summed E-state index contributed by atoms with van der Waals surface area (Å²) < 4.78 is 1.83. The topological polar surface area (TPSA) is 126 Å². The molecular weight excluding hydrogens is 368 g/mol. The van der Waals surface area contributed by atoms with E-state index in [1.165, 1.54) is 12.8 Å². The molecule has 9 nitrogen and oxygen atoms in total. The maximum Gasteiger partial charge on any atom is 0.219 e. The van der Waals surface area contributed by atoms with E-state index in [1.54, 1.807) is 12.4 Å². The number of aryl methyl sites for hydroxylation is 1. The van der Waals surface area contributed by atoms with Crippen molar-refractivity contribution in [2.75, 3.05) is 23.0 Å². The van der Waals surface area contributed by atoms with Crippen molar-refractivity contribution in [3.8, 4) is 0 Å². The minimum absolute atomic E-state index is 0.203. The van der Waals surface area contributed by atoms with Gasteiger partial charge in [-0.15, -0.1) is 0 Å². The summed E-state index contributed by atoms with van der Waals surface area (Å²) in [7, 11) is 0. The lowest BCUT2D eigenvalue weighted by Crippen LogP contribution is -2.34. The maximum absolute atomic E-state index is 9.74. The second kappa shape index (κ2) is 8.60. The van der Waals surface area contributed by atoms with Crippen LogP contribution in [0.3, 0.4) is 0 Å². The fourth-order valence-electron chi connectivity index (χ4n) is 3.91. The minimum atomic E-state index is 0.203. The molecule has 0 unspecified atom stereocenters. The highest BCUT2D eigenvalue weighted by Gasteiger charge is 2.25. The second-order valence-electron chi connectivity index (χ2n) is 7.57.